The number of benzene rings is 1. The van der Waals surface area contributed by atoms with E-state index in [0.29, 0.717) is 16.4 Å². The normalized spacial score (nSPS) is 12.1. The van der Waals surface area contributed by atoms with E-state index in [1.807, 2.05) is 0 Å². The number of rotatable bonds is 4. The third kappa shape index (κ3) is 3.26. The summed E-state index contributed by atoms with van der Waals surface area (Å²) in [5.41, 5.74) is 1.40. The van der Waals surface area contributed by atoms with Gasteiger partial charge in [0.05, 0.1) is 32.6 Å². The molecule has 6 nitrogen and oxygen atoms in total. The van der Waals surface area contributed by atoms with Gasteiger partial charge in [0.25, 0.3) is 10.0 Å². The molecular formula is C18H17ClN4O2S. The van der Waals surface area contributed by atoms with E-state index in [2.05, 4.69) is 15.9 Å². The highest BCUT2D eigenvalue weighted by Gasteiger charge is 2.22. The topological polar surface area (TPSA) is 87.3 Å². The Bertz CT molecular complexity index is 1130. The van der Waals surface area contributed by atoms with Gasteiger partial charge in [0, 0.05) is 0 Å². The lowest BCUT2D eigenvalue weighted by Gasteiger charge is -2.16. The lowest BCUT2D eigenvalue weighted by Crippen LogP contribution is -2.17. The van der Waals surface area contributed by atoms with Gasteiger partial charge in [0.1, 0.15) is 5.82 Å². The van der Waals surface area contributed by atoms with Crippen molar-refractivity contribution in [1.29, 1.82) is 5.26 Å². The second kappa shape index (κ2) is 6.31. The summed E-state index contributed by atoms with van der Waals surface area (Å²) in [4.78, 5) is 0.0990. The number of halogens is 1. The first-order valence-corrected chi connectivity index (χ1v) is 9.70. The molecule has 0 fully saturated rings. The van der Waals surface area contributed by atoms with Crippen LogP contribution in [-0.2, 0) is 15.4 Å². The molecule has 8 heteroatoms. The van der Waals surface area contributed by atoms with Crippen molar-refractivity contribution in [2.45, 2.75) is 31.1 Å². The van der Waals surface area contributed by atoms with Crippen LogP contribution in [0.3, 0.4) is 0 Å². The van der Waals surface area contributed by atoms with Crippen LogP contribution in [0.15, 0.2) is 47.4 Å². The number of nitriles is 1. The third-order valence-corrected chi connectivity index (χ3v) is 5.79. The minimum atomic E-state index is -3.81. The van der Waals surface area contributed by atoms with Crippen molar-refractivity contribution >= 4 is 33.0 Å². The molecule has 0 saturated carbocycles. The van der Waals surface area contributed by atoms with E-state index in [1.165, 1.54) is 16.6 Å². The fourth-order valence-corrected chi connectivity index (χ4v) is 3.79. The highest BCUT2D eigenvalue weighted by Crippen LogP contribution is 2.26. The molecule has 0 atom stereocenters. The fraction of sp³-hybridized carbons (Fsp3) is 0.222. The first-order valence-electron chi connectivity index (χ1n) is 7.83. The Labute approximate surface area is 157 Å². The Kier molecular flexibility index (Phi) is 4.42. The summed E-state index contributed by atoms with van der Waals surface area (Å²) < 4.78 is 29.4. The zero-order chi connectivity index (χ0) is 19.1. The molecule has 26 heavy (non-hydrogen) atoms. The van der Waals surface area contributed by atoms with Crippen molar-refractivity contribution in [1.82, 2.24) is 9.61 Å². The van der Waals surface area contributed by atoms with Gasteiger partial charge in [-0.1, -0.05) is 23.7 Å². The first kappa shape index (κ1) is 18.2. The van der Waals surface area contributed by atoms with E-state index < -0.39 is 15.4 Å². The van der Waals surface area contributed by atoms with Gasteiger partial charge in [0.15, 0.2) is 0 Å². The van der Waals surface area contributed by atoms with Crippen molar-refractivity contribution in [3.8, 4) is 6.07 Å². The standard InChI is InChI=1S/C18H17ClN4O2S/c1-12-10-16-15(19)8-9-17(23(16)21-12)22-26(24,25)14-6-4-13(5-7-14)18(2,3)11-20/h4-10,22H,1-3H3. The molecule has 0 aliphatic carbocycles. The SMILES string of the molecule is Cc1cc2c(Cl)ccc(NS(=O)(=O)c3ccc(C(C)(C)C#N)cc3)n2n1. The maximum Gasteiger partial charge on any atom is 0.263 e. The number of anilines is 1. The second-order valence-corrected chi connectivity index (χ2v) is 8.61. The predicted molar refractivity (Wildman–Crippen MR) is 101 cm³/mol. The zero-order valence-electron chi connectivity index (χ0n) is 14.5. The number of fused-ring (bicyclic) bond motifs is 1. The molecule has 2 aromatic heterocycles. The van der Waals surface area contributed by atoms with Crippen molar-refractivity contribution in [2.75, 3.05) is 4.72 Å². The van der Waals surface area contributed by atoms with Crippen LogP contribution in [0.5, 0.6) is 0 Å². The molecule has 0 radical (unpaired) electrons. The van der Waals surface area contributed by atoms with Crippen LogP contribution >= 0.6 is 11.6 Å². The Morgan fingerprint density at radius 2 is 1.85 bits per heavy atom. The Morgan fingerprint density at radius 3 is 2.46 bits per heavy atom. The molecular weight excluding hydrogens is 372 g/mol. The molecule has 3 rings (SSSR count). The number of pyridine rings is 1. The van der Waals surface area contributed by atoms with E-state index in [0.717, 1.165) is 11.3 Å². The van der Waals surface area contributed by atoms with Gasteiger partial charge in [-0.3, -0.25) is 4.72 Å². The number of nitrogens with one attached hydrogen (secondary N) is 1. The summed E-state index contributed by atoms with van der Waals surface area (Å²) in [7, 11) is -3.81. The first-order chi connectivity index (χ1) is 12.1. The molecule has 134 valence electrons. The van der Waals surface area contributed by atoms with Gasteiger partial charge in [-0.15, -0.1) is 0 Å². The van der Waals surface area contributed by atoms with Crippen LogP contribution in [0.1, 0.15) is 25.1 Å². The Morgan fingerprint density at radius 1 is 1.19 bits per heavy atom. The lowest BCUT2D eigenvalue weighted by molar-refractivity contribution is 0.600. The van der Waals surface area contributed by atoms with Crippen molar-refractivity contribution in [2.24, 2.45) is 0 Å². The van der Waals surface area contributed by atoms with E-state index >= 15 is 0 Å². The van der Waals surface area contributed by atoms with E-state index in [-0.39, 0.29) is 4.90 Å². The molecule has 3 aromatic rings. The molecule has 0 saturated heterocycles. The summed E-state index contributed by atoms with van der Waals surface area (Å²) in [5.74, 6) is 0.291. The summed E-state index contributed by atoms with van der Waals surface area (Å²) in [6.07, 6.45) is 0. The van der Waals surface area contributed by atoms with Gasteiger partial charge >= 0.3 is 0 Å². The van der Waals surface area contributed by atoms with Crippen LogP contribution < -0.4 is 4.72 Å². The van der Waals surface area contributed by atoms with Gasteiger partial charge in [0.2, 0.25) is 0 Å². The van der Waals surface area contributed by atoms with Gasteiger partial charge in [-0.25, -0.2) is 12.9 Å². The fourth-order valence-electron chi connectivity index (χ4n) is 2.55. The van der Waals surface area contributed by atoms with E-state index in [9.17, 15) is 13.7 Å². The largest absolute Gasteiger partial charge is 0.263 e. The van der Waals surface area contributed by atoms with Crippen LogP contribution in [0.2, 0.25) is 5.02 Å². The number of sulfonamides is 1. The quantitative estimate of drug-likeness (QED) is 0.734. The van der Waals surface area contributed by atoms with Crippen molar-refractivity contribution in [3.63, 3.8) is 0 Å². The van der Waals surface area contributed by atoms with Crippen LogP contribution in [0, 0.1) is 18.3 Å². The zero-order valence-corrected chi connectivity index (χ0v) is 16.1. The molecule has 0 amide bonds. The molecule has 0 unspecified atom stereocenters. The summed E-state index contributed by atoms with van der Waals surface area (Å²) >= 11 is 6.14. The van der Waals surface area contributed by atoms with Crippen LogP contribution in [0.25, 0.3) is 5.52 Å². The maximum absolute atomic E-state index is 12.7. The van der Waals surface area contributed by atoms with Crippen LogP contribution in [-0.4, -0.2) is 18.0 Å². The smallest absolute Gasteiger partial charge is 0.263 e. The van der Waals surface area contributed by atoms with E-state index in [1.54, 1.807) is 51.1 Å². The molecule has 0 aliphatic rings. The summed E-state index contributed by atoms with van der Waals surface area (Å²) in [6.45, 7) is 5.36. The van der Waals surface area contributed by atoms with Gasteiger partial charge < -0.3 is 0 Å². The van der Waals surface area contributed by atoms with E-state index in [4.69, 9.17) is 11.6 Å². The highest BCUT2D eigenvalue weighted by atomic mass is 35.5. The van der Waals surface area contributed by atoms with Crippen molar-refractivity contribution in [3.05, 3.63) is 58.7 Å². The van der Waals surface area contributed by atoms with Crippen LogP contribution in [0.4, 0.5) is 5.82 Å². The molecule has 2 heterocycles. The number of aromatic nitrogens is 2. The number of aryl methyl sites for hydroxylation is 1. The minimum absolute atomic E-state index is 0.0990. The second-order valence-electron chi connectivity index (χ2n) is 6.52. The minimum Gasteiger partial charge on any atom is -0.263 e. The lowest BCUT2D eigenvalue weighted by atomic mass is 9.87. The maximum atomic E-state index is 12.7. The third-order valence-electron chi connectivity index (χ3n) is 4.10. The highest BCUT2D eigenvalue weighted by molar-refractivity contribution is 7.92. The molecule has 0 bridgehead atoms. The van der Waals surface area contributed by atoms with Gasteiger partial charge in [-0.05, 0) is 56.7 Å². The van der Waals surface area contributed by atoms with Gasteiger partial charge in [-0.2, -0.15) is 10.4 Å². The number of hydrogen-bond acceptors (Lipinski definition) is 4. The summed E-state index contributed by atoms with van der Waals surface area (Å²) in [6, 6.07) is 13.4. The van der Waals surface area contributed by atoms with Crippen molar-refractivity contribution < 1.29 is 8.42 Å². The average molecular weight is 389 g/mol. The molecule has 1 N–H and O–H groups in total. The number of hydrogen-bond donors (Lipinski definition) is 1. The monoisotopic (exact) mass is 388 g/mol. The predicted octanol–water partition coefficient (Wildman–Crippen LogP) is 3.90. The average Bonchev–Trinajstić information content (AvgIpc) is 3.00. The summed E-state index contributed by atoms with van der Waals surface area (Å²) in [5, 5.41) is 14.0. The number of nitrogens with zero attached hydrogens (tertiary/aromatic N) is 3. The molecule has 0 aliphatic heterocycles. The molecule has 0 spiro atoms. The molecule has 1 aromatic carbocycles. The Balaban J connectivity index is 1.98. The Hall–Kier alpha value is -2.56.